The number of hydrogen-bond acceptors (Lipinski definition) is 2. The van der Waals surface area contributed by atoms with E-state index in [4.69, 9.17) is 4.74 Å². The van der Waals surface area contributed by atoms with Crippen LogP contribution in [-0.2, 0) is 4.74 Å². The predicted molar refractivity (Wildman–Crippen MR) is 60.1 cm³/mol. The Balaban J connectivity index is 1.95. The molecule has 1 fully saturated rings. The number of fused-ring (bicyclic) bond motifs is 1. The Kier molecular flexibility index (Phi) is 2.06. The highest BCUT2D eigenvalue weighted by molar-refractivity contribution is 5.80. The molecule has 82 valence electrons. The van der Waals surface area contributed by atoms with Crippen molar-refractivity contribution in [1.29, 1.82) is 0 Å². The van der Waals surface area contributed by atoms with Crippen molar-refractivity contribution < 1.29 is 9.53 Å². The molecule has 0 unspecified atom stereocenters. The molecule has 1 aliphatic heterocycles. The van der Waals surface area contributed by atoms with Crippen molar-refractivity contribution in [3.8, 4) is 0 Å². The quantitative estimate of drug-likeness (QED) is 0.768. The number of alkyl carbamates (subject to hydrolysis) is 1. The molecule has 1 saturated heterocycles. The number of amides is 1. The maximum absolute atomic E-state index is 11.1. The van der Waals surface area contributed by atoms with Gasteiger partial charge in [0.25, 0.3) is 0 Å². The summed E-state index contributed by atoms with van der Waals surface area (Å²) in [6.45, 7) is 0.488. The molecule has 16 heavy (non-hydrogen) atoms. The lowest BCUT2D eigenvalue weighted by atomic mass is 10.0. The summed E-state index contributed by atoms with van der Waals surface area (Å²) in [5.74, 6) is 0. The zero-order valence-electron chi connectivity index (χ0n) is 8.69. The van der Waals surface area contributed by atoms with Gasteiger partial charge in [0.05, 0.1) is 12.6 Å². The summed E-state index contributed by atoms with van der Waals surface area (Å²) in [5, 5.41) is 3.98. The molecule has 0 radical (unpaired) electrons. The van der Waals surface area contributed by atoms with Crippen molar-refractivity contribution in [3.63, 3.8) is 0 Å². The number of hydrogen-bond donors (Lipinski definition) is 2. The van der Waals surface area contributed by atoms with Gasteiger partial charge in [-0.2, -0.15) is 0 Å². The van der Waals surface area contributed by atoms with Crippen LogP contribution in [0.25, 0.3) is 10.9 Å². The first kappa shape index (κ1) is 9.27. The molecular weight excluding hydrogens is 204 g/mol. The minimum absolute atomic E-state index is 0.0700. The minimum Gasteiger partial charge on any atom is -0.449 e. The summed E-state index contributed by atoms with van der Waals surface area (Å²) in [7, 11) is 0. The van der Waals surface area contributed by atoms with Gasteiger partial charge in [0, 0.05) is 18.1 Å². The third-order valence-corrected chi connectivity index (χ3v) is 2.91. The van der Waals surface area contributed by atoms with E-state index in [-0.39, 0.29) is 12.1 Å². The van der Waals surface area contributed by atoms with Crippen LogP contribution in [0.15, 0.2) is 30.5 Å². The van der Waals surface area contributed by atoms with E-state index in [0.717, 1.165) is 17.5 Å². The first-order valence-electron chi connectivity index (χ1n) is 5.33. The second kappa shape index (κ2) is 3.56. The lowest BCUT2D eigenvalue weighted by Gasteiger charge is -2.23. The van der Waals surface area contributed by atoms with Gasteiger partial charge in [-0.25, -0.2) is 4.79 Å². The zero-order valence-corrected chi connectivity index (χ0v) is 8.69. The molecule has 4 nitrogen and oxygen atoms in total. The fraction of sp³-hybridized carbons (Fsp3) is 0.250. The lowest BCUT2D eigenvalue weighted by molar-refractivity contribution is 0.115. The van der Waals surface area contributed by atoms with Crippen LogP contribution < -0.4 is 5.32 Å². The fourth-order valence-corrected chi connectivity index (χ4v) is 2.06. The molecule has 1 amide bonds. The highest BCUT2D eigenvalue weighted by atomic mass is 16.5. The molecule has 1 atom stereocenters. The number of H-pyrrole nitrogens is 1. The Bertz CT molecular complexity index is 533. The van der Waals surface area contributed by atoms with E-state index >= 15 is 0 Å². The molecular formula is C12H12N2O2. The number of carbonyl (C=O) groups excluding carboxylic acids is 1. The molecule has 1 aromatic carbocycles. The number of cyclic esters (lactones) is 1. The van der Waals surface area contributed by atoms with Gasteiger partial charge in [0.2, 0.25) is 0 Å². The van der Waals surface area contributed by atoms with E-state index in [1.165, 1.54) is 5.39 Å². The Labute approximate surface area is 92.6 Å². The second-order valence-electron chi connectivity index (χ2n) is 3.95. The predicted octanol–water partition coefficient (Wildman–Crippen LogP) is 2.34. The van der Waals surface area contributed by atoms with Crippen molar-refractivity contribution in [2.45, 2.75) is 12.5 Å². The van der Waals surface area contributed by atoms with Gasteiger partial charge in [-0.05, 0) is 29.1 Å². The number of ether oxygens (including phenoxy) is 1. The van der Waals surface area contributed by atoms with Crippen molar-refractivity contribution >= 4 is 17.0 Å². The summed E-state index contributed by atoms with van der Waals surface area (Å²) in [5.41, 5.74) is 2.24. The van der Waals surface area contributed by atoms with E-state index in [1.807, 2.05) is 24.4 Å². The molecule has 2 N–H and O–H groups in total. The minimum atomic E-state index is -0.328. The van der Waals surface area contributed by atoms with E-state index in [0.29, 0.717) is 6.61 Å². The molecule has 0 spiro atoms. The molecule has 1 aliphatic rings. The first-order chi connectivity index (χ1) is 7.83. The van der Waals surface area contributed by atoms with Crippen molar-refractivity contribution in [2.24, 2.45) is 0 Å². The van der Waals surface area contributed by atoms with Gasteiger partial charge in [-0.1, -0.05) is 6.07 Å². The van der Waals surface area contributed by atoms with Crippen LogP contribution in [0.3, 0.4) is 0 Å². The summed E-state index contributed by atoms with van der Waals surface area (Å²) < 4.78 is 4.85. The molecule has 0 aliphatic carbocycles. The van der Waals surface area contributed by atoms with E-state index in [9.17, 15) is 4.79 Å². The second-order valence-corrected chi connectivity index (χ2v) is 3.95. The van der Waals surface area contributed by atoms with Crippen LogP contribution in [-0.4, -0.2) is 17.7 Å². The molecule has 2 heterocycles. The van der Waals surface area contributed by atoms with E-state index < -0.39 is 0 Å². The highest BCUT2D eigenvalue weighted by Gasteiger charge is 2.20. The molecule has 4 heteroatoms. The normalized spacial score (nSPS) is 20.5. The van der Waals surface area contributed by atoms with Gasteiger partial charge in [-0.3, -0.25) is 0 Å². The highest BCUT2D eigenvalue weighted by Crippen LogP contribution is 2.23. The maximum atomic E-state index is 11.1. The molecule has 0 saturated carbocycles. The largest absolute Gasteiger partial charge is 0.449 e. The molecule has 2 aromatic rings. The average Bonchev–Trinajstić information content (AvgIpc) is 2.75. The maximum Gasteiger partial charge on any atom is 0.407 e. The number of aromatic nitrogens is 1. The van der Waals surface area contributed by atoms with Crippen LogP contribution in [0, 0.1) is 0 Å². The number of carbonyl (C=O) groups is 1. The number of rotatable bonds is 1. The Morgan fingerprint density at radius 1 is 1.31 bits per heavy atom. The van der Waals surface area contributed by atoms with E-state index in [1.54, 1.807) is 0 Å². The topological polar surface area (TPSA) is 54.1 Å². The Hall–Kier alpha value is -1.97. The third kappa shape index (κ3) is 1.52. The molecule has 0 bridgehead atoms. The Morgan fingerprint density at radius 2 is 2.25 bits per heavy atom. The first-order valence-corrected chi connectivity index (χ1v) is 5.33. The number of benzene rings is 1. The summed E-state index contributed by atoms with van der Waals surface area (Å²) in [4.78, 5) is 14.3. The van der Waals surface area contributed by atoms with Gasteiger partial charge in [0.1, 0.15) is 0 Å². The fourth-order valence-electron chi connectivity index (χ4n) is 2.06. The number of aromatic amines is 1. The Morgan fingerprint density at radius 3 is 3.12 bits per heavy atom. The van der Waals surface area contributed by atoms with Crippen molar-refractivity contribution in [1.82, 2.24) is 10.3 Å². The van der Waals surface area contributed by atoms with Crippen molar-refractivity contribution in [2.75, 3.05) is 6.61 Å². The van der Waals surface area contributed by atoms with Gasteiger partial charge < -0.3 is 15.0 Å². The zero-order chi connectivity index (χ0) is 11.0. The molecule has 3 rings (SSSR count). The SMILES string of the molecule is O=C1N[C@@H](c2ccc3[nH]ccc3c2)CCO1. The average molecular weight is 216 g/mol. The van der Waals surface area contributed by atoms with Gasteiger partial charge >= 0.3 is 6.09 Å². The monoisotopic (exact) mass is 216 g/mol. The standard InChI is InChI=1S/C12H12N2O2/c15-12-14-11(4-6-16-12)8-1-2-10-9(7-8)3-5-13-10/h1-3,5,7,11,13H,4,6H2,(H,14,15)/t11-/m1/s1. The van der Waals surface area contributed by atoms with Crippen LogP contribution in [0.2, 0.25) is 0 Å². The lowest BCUT2D eigenvalue weighted by Crippen LogP contribution is -2.35. The molecule has 1 aromatic heterocycles. The third-order valence-electron chi connectivity index (χ3n) is 2.91. The smallest absolute Gasteiger partial charge is 0.407 e. The van der Waals surface area contributed by atoms with Crippen LogP contribution >= 0.6 is 0 Å². The summed E-state index contributed by atoms with van der Waals surface area (Å²) in [6, 6.07) is 8.27. The summed E-state index contributed by atoms with van der Waals surface area (Å²) >= 11 is 0. The summed E-state index contributed by atoms with van der Waals surface area (Å²) in [6.07, 6.45) is 2.41. The van der Waals surface area contributed by atoms with Crippen LogP contribution in [0.5, 0.6) is 0 Å². The number of nitrogens with one attached hydrogen (secondary N) is 2. The van der Waals surface area contributed by atoms with Crippen molar-refractivity contribution in [3.05, 3.63) is 36.0 Å². The van der Waals surface area contributed by atoms with Gasteiger partial charge in [-0.15, -0.1) is 0 Å². The van der Waals surface area contributed by atoms with Crippen LogP contribution in [0.4, 0.5) is 4.79 Å². The van der Waals surface area contributed by atoms with Gasteiger partial charge in [0.15, 0.2) is 0 Å². The van der Waals surface area contributed by atoms with E-state index in [2.05, 4.69) is 16.4 Å². The van der Waals surface area contributed by atoms with Crippen LogP contribution in [0.1, 0.15) is 18.0 Å².